The highest BCUT2D eigenvalue weighted by Crippen LogP contribution is 2.26. The molecule has 21 heavy (non-hydrogen) atoms. The van der Waals surface area contributed by atoms with E-state index in [-0.39, 0.29) is 12.3 Å². The van der Waals surface area contributed by atoms with Gasteiger partial charge in [-0.25, -0.2) is 4.98 Å². The molecule has 1 aliphatic rings. The van der Waals surface area contributed by atoms with Gasteiger partial charge >= 0.3 is 0 Å². The zero-order valence-corrected chi connectivity index (χ0v) is 13.0. The molecule has 0 radical (unpaired) electrons. The van der Waals surface area contributed by atoms with Crippen molar-refractivity contribution in [1.29, 1.82) is 0 Å². The predicted molar refractivity (Wildman–Crippen MR) is 80.4 cm³/mol. The first-order chi connectivity index (χ1) is 10.2. The number of amides is 1. The second kappa shape index (κ2) is 6.39. The molecule has 1 N–H and O–H groups in total. The molecule has 0 bridgehead atoms. The van der Waals surface area contributed by atoms with Gasteiger partial charge in [0.25, 0.3) is 0 Å². The topological polar surface area (TPSA) is 68.0 Å². The van der Waals surface area contributed by atoms with E-state index < -0.39 is 0 Å². The third-order valence-electron chi connectivity index (χ3n) is 3.56. The van der Waals surface area contributed by atoms with Gasteiger partial charge in [0.05, 0.1) is 22.8 Å². The molecule has 2 heterocycles. The van der Waals surface area contributed by atoms with Crippen molar-refractivity contribution >= 4 is 17.2 Å². The Morgan fingerprint density at radius 2 is 2.29 bits per heavy atom. The summed E-state index contributed by atoms with van der Waals surface area (Å²) in [5.41, 5.74) is 2.08. The van der Waals surface area contributed by atoms with Crippen LogP contribution in [0.1, 0.15) is 39.9 Å². The van der Waals surface area contributed by atoms with E-state index in [2.05, 4.69) is 15.5 Å². The van der Waals surface area contributed by atoms with Crippen LogP contribution in [0.25, 0.3) is 0 Å². The van der Waals surface area contributed by atoms with Crippen molar-refractivity contribution < 1.29 is 9.32 Å². The minimum absolute atomic E-state index is 0.0348. The van der Waals surface area contributed by atoms with Crippen molar-refractivity contribution in [3.05, 3.63) is 33.1 Å². The summed E-state index contributed by atoms with van der Waals surface area (Å²) in [5.74, 6) is 0.571. The number of nitrogens with one attached hydrogen (secondary N) is 1. The van der Waals surface area contributed by atoms with Gasteiger partial charge in [-0.15, -0.1) is 11.3 Å². The van der Waals surface area contributed by atoms with Crippen LogP contribution in [0.4, 0.5) is 0 Å². The molecule has 6 heteroatoms. The summed E-state index contributed by atoms with van der Waals surface area (Å²) < 4.78 is 5.03. The fourth-order valence-corrected chi connectivity index (χ4v) is 3.70. The molecule has 5 nitrogen and oxygen atoms in total. The van der Waals surface area contributed by atoms with Crippen LogP contribution >= 0.6 is 11.3 Å². The SMILES string of the molecule is Cc1cc(CC(=O)NCCc2nc3c(s2)CCCC3)on1. The molecular formula is C15H19N3O2S. The number of hydrogen-bond donors (Lipinski definition) is 1. The lowest BCUT2D eigenvalue weighted by molar-refractivity contribution is -0.120. The van der Waals surface area contributed by atoms with Gasteiger partial charge in [-0.1, -0.05) is 5.16 Å². The molecule has 0 saturated carbocycles. The number of rotatable bonds is 5. The molecule has 1 aliphatic carbocycles. The molecule has 0 saturated heterocycles. The van der Waals surface area contributed by atoms with E-state index in [9.17, 15) is 4.79 Å². The van der Waals surface area contributed by atoms with Crippen LogP contribution in [0, 0.1) is 6.92 Å². The van der Waals surface area contributed by atoms with Gasteiger partial charge in [0, 0.05) is 23.9 Å². The molecule has 0 aromatic carbocycles. The predicted octanol–water partition coefficient (Wildman–Crippen LogP) is 2.22. The summed E-state index contributed by atoms with van der Waals surface area (Å²) in [5, 5.41) is 7.82. The number of carbonyl (C=O) groups excluding carboxylic acids is 1. The Balaban J connectivity index is 1.45. The van der Waals surface area contributed by atoms with Crippen molar-refractivity contribution in [2.45, 2.75) is 45.4 Å². The molecule has 0 unspecified atom stereocenters. The highest BCUT2D eigenvalue weighted by atomic mass is 32.1. The monoisotopic (exact) mass is 305 g/mol. The van der Waals surface area contributed by atoms with Gasteiger partial charge in [-0.3, -0.25) is 4.79 Å². The number of fused-ring (bicyclic) bond motifs is 1. The van der Waals surface area contributed by atoms with Gasteiger partial charge in [0.2, 0.25) is 5.91 Å². The van der Waals surface area contributed by atoms with E-state index in [1.165, 1.54) is 29.8 Å². The number of hydrogen-bond acceptors (Lipinski definition) is 5. The first kappa shape index (κ1) is 14.3. The first-order valence-corrected chi connectivity index (χ1v) is 8.19. The van der Waals surface area contributed by atoms with Crippen molar-refractivity contribution in [1.82, 2.24) is 15.5 Å². The molecule has 0 fully saturated rings. The third kappa shape index (κ3) is 3.69. The maximum absolute atomic E-state index is 11.8. The summed E-state index contributed by atoms with van der Waals surface area (Å²) in [4.78, 5) is 17.9. The summed E-state index contributed by atoms with van der Waals surface area (Å²) >= 11 is 1.80. The van der Waals surface area contributed by atoms with Gasteiger partial charge in [-0.2, -0.15) is 0 Å². The van der Waals surface area contributed by atoms with Crippen LogP contribution in [0.15, 0.2) is 10.6 Å². The smallest absolute Gasteiger partial charge is 0.227 e. The van der Waals surface area contributed by atoms with E-state index in [0.29, 0.717) is 12.3 Å². The Morgan fingerprint density at radius 3 is 3.05 bits per heavy atom. The Bertz CT molecular complexity index is 609. The van der Waals surface area contributed by atoms with Gasteiger partial charge in [-0.05, 0) is 32.6 Å². The van der Waals surface area contributed by atoms with Gasteiger partial charge < -0.3 is 9.84 Å². The largest absolute Gasteiger partial charge is 0.361 e. The number of nitrogens with zero attached hydrogens (tertiary/aromatic N) is 2. The number of thiazole rings is 1. The number of carbonyl (C=O) groups is 1. The van der Waals surface area contributed by atoms with Crippen molar-refractivity contribution in [2.24, 2.45) is 0 Å². The molecule has 112 valence electrons. The normalized spacial score (nSPS) is 14.0. The second-order valence-electron chi connectivity index (χ2n) is 5.40. The van der Waals surface area contributed by atoms with Crippen molar-refractivity contribution in [2.75, 3.05) is 6.54 Å². The average Bonchev–Trinajstić information content (AvgIpc) is 3.04. The Kier molecular flexibility index (Phi) is 4.34. The van der Waals surface area contributed by atoms with Crippen LogP contribution in [0.3, 0.4) is 0 Å². The van der Waals surface area contributed by atoms with Crippen molar-refractivity contribution in [3.63, 3.8) is 0 Å². The Labute approximate surface area is 127 Å². The van der Waals surface area contributed by atoms with E-state index in [1.807, 2.05) is 6.92 Å². The van der Waals surface area contributed by atoms with Crippen LogP contribution < -0.4 is 5.32 Å². The van der Waals surface area contributed by atoms with Crippen LogP contribution in [-0.4, -0.2) is 22.6 Å². The first-order valence-electron chi connectivity index (χ1n) is 7.37. The van der Waals surface area contributed by atoms with Gasteiger partial charge in [0.1, 0.15) is 5.76 Å². The fourth-order valence-electron chi connectivity index (χ4n) is 2.54. The minimum atomic E-state index is -0.0348. The standard InChI is InChI=1S/C15H19N3O2S/c1-10-8-11(20-18-10)9-14(19)16-7-6-15-17-12-4-2-3-5-13(12)21-15/h8H,2-7,9H2,1H3,(H,16,19). The summed E-state index contributed by atoms with van der Waals surface area (Å²) in [6.07, 6.45) is 5.87. The molecule has 1 amide bonds. The summed E-state index contributed by atoms with van der Waals surface area (Å²) in [7, 11) is 0. The fraction of sp³-hybridized carbons (Fsp3) is 0.533. The Hall–Kier alpha value is -1.69. The second-order valence-corrected chi connectivity index (χ2v) is 6.56. The maximum atomic E-state index is 11.8. The summed E-state index contributed by atoms with van der Waals surface area (Å²) in [6.45, 7) is 2.47. The minimum Gasteiger partial charge on any atom is -0.361 e. The van der Waals surface area contributed by atoms with Gasteiger partial charge in [0.15, 0.2) is 0 Å². The molecule has 0 atom stereocenters. The molecular weight excluding hydrogens is 286 g/mol. The van der Waals surface area contributed by atoms with E-state index in [4.69, 9.17) is 4.52 Å². The van der Waals surface area contributed by atoms with Crippen LogP contribution in [-0.2, 0) is 30.5 Å². The molecule has 0 spiro atoms. The van der Waals surface area contributed by atoms with Crippen LogP contribution in [0.5, 0.6) is 0 Å². The summed E-state index contributed by atoms with van der Waals surface area (Å²) in [6, 6.07) is 1.79. The molecule has 3 rings (SSSR count). The van der Waals surface area contributed by atoms with Crippen molar-refractivity contribution in [3.8, 4) is 0 Å². The van der Waals surface area contributed by atoms with E-state index >= 15 is 0 Å². The lowest BCUT2D eigenvalue weighted by Crippen LogP contribution is -2.27. The van der Waals surface area contributed by atoms with E-state index in [0.717, 1.165) is 23.5 Å². The third-order valence-corrected chi connectivity index (χ3v) is 4.78. The zero-order valence-electron chi connectivity index (χ0n) is 12.1. The maximum Gasteiger partial charge on any atom is 0.227 e. The Morgan fingerprint density at radius 1 is 1.43 bits per heavy atom. The highest BCUT2D eigenvalue weighted by molar-refractivity contribution is 7.11. The van der Waals surface area contributed by atoms with Crippen LogP contribution in [0.2, 0.25) is 0 Å². The molecule has 0 aliphatic heterocycles. The lowest BCUT2D eigenvalue weighted by Gasteiger charge is -2.06. The number of aromatic nitrogens is 2. The zero-order chi connectivity index (χ0) is 14.7. The number of aryl methyl sites for hydroxylation is 3. The highest BCUT2D eigenvalue weighted by Gasteiger charge is 2.15. The lowest BCUT2D eigenvalue weighted by atomic mass is 10.0. The molecule has 2 aromatic heterocycles. The average molecular weight is 305 g/mol. The molecule has 2 aromatic rings. The quantitative estimate of drug-likeness (QED) is 0.919. The van der Waals surface area contributed by atoms with E-state index in [1.54, 1.807) is 17.4 Å².